The fraction of sp³-hybridized carbons (Fsp3) is 0.160. The molecule has 1 N–H and O–H groups in total. The molecular formula is C25H16F6N2O. The van der Waals surface area contributed by atoms with Gasteiger partial charge in [-0.25, -0.2) is 4.98 Å². The van der Waals surface area contributed by atoms with Crippen molar-refractivity contribution in [1.29, 1.82) is 0 Å². The van der Waals surface area contributed by atoms with Gasteiger partial charge in [0.25, 0.3) is 0 Å². The zero-order valence-corrected chi connectivity index (χ0v) is 17.4. The summed E-state index contributed by atoms with van der Waals surface area (Å²) in [7, 11) is 0. The number of aliphatic hydroxyl groups excluding tert-OH is 1. The number of benzene rings is 2. The Bertz CT molecular complexity index is 1370. The number of halogens is 6. The van der Waals surface area contributed by atoms with E-state index in [0.29, 0.717) is 12.0 Å². The fourth-order valence-electron chi connectivity index (χ4n) is 3.42. The lowest BCUT2D eigenvalue weighted by Crippen LogP contribution is -2.09. The SMILES string of the molecule is OCCc1ccc(C#Cc2cnc3c(C(F)(F)F)cc(-c4ccc(C(F)(F)F)cc4)cn23)cc1. The molecule has 2 aromatic heterocycles. The predicted octanol–water partition coefficient (Wildman–Crippen LogP) is 5.97. The monoisotopic (exact) mass is 474 g/mol. The highest BCUT2D eigenvalue weighted by atomic mass is 19.4. The molecule has 2 heterocycles. The lowest BCUT2D eigenvalue weighted by atomic mass is 10.0. The van der Waals surface area contributed by atoms with Crippen LogP contribution >= 0.6 is 0 Å². The quantitative estimate of drug-likeness (QED) is 0.293. The molecular weight excluding hydrogens is 458 g/mol. The topological polar surface area (TPSA) is 37.5 Å². The normalized spacial score (nSPS) is 12.0. The van der Waals surface area contributed by atoms with Crippen LogP contribution in [0.3, 0.4) is 0 Å². The summed E-state index contributed by atoms with van der Waals surface area (Å²) < 4.78 is 81.0. The molecule has 0 fully saturated rings. The van der Waals surface area contributed by atoms with Crippen molar-refractivity contribution in [3.63, 3.8) is 0 Å². The lowest BCUT2D eigenvalue weighted by Gasteiger charge is -2.12. The molecule has 0 unspecified atom stereocenters. The van der Waals surface area contributed by atoms with E-state index in [0.717, 1.165) is 35.9 Å². The Balaban J connectivity index is 1.79. The van der Waals surface area contributed by atoms with E-state index in [-0.39, 0.29) is 29.1 Å². The van der Waals surface area contributed by atoms with Crippen molar-refractivity contribution >= 4 is 5.65 Å². The summed E-state index contributed by atoms with van der Waals surface area (Å²) in [6.07, 6.45) is -6.21. The van der Waals surface area contributed by atoms with E-state index in [4.69, 9.17) is 5.11 Å². The summed E-state index contributed by atoms with van der Waals surface area (Å²) in [6, 6.07) is 11.8. The molecule has 9 heteroatoms. The van der Waals surface area contributed by atoms with Crippen molar-refractivity contribution in [1.82, 2.24) is 9.38 Å². The van der Waals surface area contributed by atoms with Gasteiger partial charge in [0.1, 0.15) is 11.3 Å². The molecule has 0 saturated carbocycles. The Hall–Kier alpha value is -3.77. The zero-order valence-electron chi connectivity index (χ0n) is 17.4. The molecule has 3 nitrogen and oxygen atoms in total. The van der Waals surface area contributed by atoms with E-state index in [9.17, 15) is 26.3 Å². The van der Waals surface area contributed by atoms with Crippen LogP contribution in [0.2, 0.25) is 0 Å². The second-order valence-electron chi connectivity index (χ2n) is 7.47. The van der Waals surface area contributed by atoms with Gasteiger partial charge >= 0.3 is 12.4 Å². The summed E-state index contributed by atoms with van der Waals surface area (Å²) in [6.45, 7) is 0.00957. The van der Waals surface area contributed by atoms with Gasteiger partial charge in [0.05, 0.1) is 17.3 Å². The summed E-state index contributed by atoms with van der Waals surface area (Å²) >= 11 is 0. The lowest BCUT2D eigenvalue weighted by molar-refractivity contribution is -0.138. The van der Waals surface area contributed by atoms with Crippen molar-refractivity contribution in [2.45, 2.75) is 18.8 Å². The largest absolute Gasteiger partial charge is 0.420 e. The first-order chi connectivity index (χ1) is 16.1. The minimum atomic E-state index is -4.73. The molecule has 34 heavy (non-hydrogen) atoms. The van der Waals surface area contributed by atoms with E-state index in [1.807, 2.05) is 0 Å². The van der Waals surface area contributed by atoms with Crippen LogP contribution in [0.25, 0.3) is 16.8 Å². The number of pyridine rings is 1. The van der Waals surface area contributed by atoms with E-state index in [1.54, 1.807) is 24.3 Å². The average Bonchev–Trinajstić information content (AvgIpc) is 3.20. The maximum Gasteiger partial charge on any atom is 0.420 e. The van der Waals surface area contributed by atoms with E-state index >= 15 is 0 Å². The van der Waals surface area contributed by atoms with Crippen LogP contribution in [-0.4, -0.2) is 21.1 Å². The number of alkyl halides is 6. The molecule has 0 bridgehead atoms. The van der Waals surface area contributed by atoms with Gasteiger partial charge in [-0.2, -0.15) is 26.3 Å². The third kappa shape index (κ3) is 4.92. The molecule has 2 aromatic carbocycles. The van der Waals surface area contributed by atoms with Crippen LogP contribution in [-0.2, 0) is 18.8 Å². The van der Waals surface area contributed by atoms with E-state index in [2.05, 4.69) is 16.8 Å². The van der Waals surface area contributed by atoms with E-state index < -0.39 is 23.5 Å². The Labute approximate surface area is 190 Å². The zero-order chi connectivity index (χ0) is 24.5. The average molecular weight is 474 g/mol. The van der Waals surface area contributed by atoms with Crippen LogP contribution < -0.4 is 0 Å². The van der Waals surface area contributed by atoms with Gasteiger partial charge in [-0.05, 0) is 59.4 Å². The van der Waals surface area contributed by atoms with Crippen LogP contribution in [0, 0.1) is 11.8 Å². The van der Waals surface area contributed by atoms with Gasteiger partial charge in [-0.15, -0.1) is 0 Å². The number of hydrogen-bond acceptors (Lipinski definition) is 2. The summed E-state index contributed by atoms with van der Waals surface area (Å²) in [5, 5.41) is 8.98. The Morgan fingerprint density at radius 2 is 1.50 bits per heavy atom. The highest BCUT2D eigenvalue weighted by Crippen LogP contribution is 2.36. The molecule has 174 valence electrons. The summed E-state index contributed by atoms with van der Waals surface area (Å²) in [5.41, 5.74) is -0.292. The summed E-state index contributed by atoms with van der Waals surface area (Å²) in [4.78, 5) is 3.88. The number of fused-ring (bicyclic) bond motifs is 1. The number of imidazole rings is 1. The van der Waals surface area contributed by atoms with Gasteiger partial charge in [-0.1, -0.05) is 30.2 Å². The number of aromatic nitrogens is 2. The smallest absolute Gasteiger partial charge is 0.396 e. The van der Waals surface area contributed by atoms with Crippen LogP contribution in [0.15, 0.2) is 67.0 Å². The molecule has 0 radical (unpaired) electrons. The first kappa shape index (κ1) is 23.4. The summed E-state index contributed by atoms with van der Waals surface area (Å²) in [5.74, 6) is 5.68. The van der Waals surface area contributed by atoms with Gasteiger partial charge in [0.15, 0.2) is 0 Å². The number of aliphatic hydroxyl groups is 1. The molecule has 0 atom stereocenters. The third-order valence-electron chi connectivity index (χ3n) is 5.15. The first-order valence-electron chi connectivity index (χ1n) is 10.0. The van der Waals surface area contributed by atoms with Crippen molar-refractivity contribution in [3.8, 4) is 23.0 Å². The van der Waals surface area contributed by atoms with Crippen molar-refractivity contribution in [2.24, 2.45) is 0 Å². The Morgan fingerprint density at radius 3 is 2.09 bits per heavy atom. The van der Waals surface area contributed by atoms with Gasteiger partial charge in [-0.3, -0.25) is 4.40 Å². The standard InChI is InChI=1S/C25H16F6N2O/c26-24(27,28)20-8-6-18(7-9-20)19-13-22(25(29,30)31)23-32-14-21(33(23)15-19)10-5-16-1-3-17(4-2-16)11-12-34/h1-4,6-9,13-15,34H,11-12H2. The predicted molar refractivity (Wildman–Crippen MR) is 114 cm³/mol. The highest BCUT2D eigenvalue weighted by Gasteiger charge is 2.35. The van der Waals surface area contributed by atoms with Crippen molar-refractivity contribution in [3.05, 3.63) is 94.9 Å². The first-order valence-corrected chi connectivity index (χ1v) is 10.0. The highest BCUT2D eigenvalue weighted by molar-refractivity contribution is 5.69. The van der Waals surface area contributed by atoms with Crippen molar-refractivity contribution < 1.29 is 31.4 Å². The molecule has 4 rings (SSSR count). The van der Waals surface area contributed by atoms with E-state index in [1.165, 1.54) is 16.8 Å². The van der Waals surface area contributed by atoms with Gasteiger partial charge < -0.3 is 5.11 Å². The van der Waals surface area contributed by atoms with Crippen LogP contribution in [0.5, 0.6) is 0 Å². The minimum absolute atomic E-state index is 0.00957. The number of rotatable bonds is 3. The number of nitrogens with zero attached hydrogens (tertiary/aromatic N) is 2. The Morgan fingerprint density at radius 1 is 0.824 bits per heavy atom. The van der Waals surface area contributed by atoms with Gasteiger partial charge in [0, 0.05) is 18.4 Å². The second-order valence-corrected chi connectivity index (χ2v) is 7.47. The van der Waals surface area contributed by atoms with Gasteiger partial charge in [0.2, 0.25) is 0 Å². The third-order valence-corrected chi connectivity index (χ3v) is 5.15. The fourth-order valence-corrected chi connectivity index (χ4v) is 3.42. The maximum atomic E-state index is 13.7. The molecule has 0 saturated heterocycles. The molecule has 0 aliphatic heterocycles. The molecule has 0 aliphatic carbocycles. The molecule has 0 aliphatic rings. The van der Waals surface area contributed by atoms with Crippen LogP contribution in [0.4, 0.5) is 26.3 Å². The maximum absolute atomic E-state index is 13.7. The second kappa shape index (κ2) is 8.88. The molecule has 0 amide bonds. The molecule has 0 spiro atoms. The van der Waals surface area contributed by atoms with Crippen molar-refractivity contribution in [2.75, 3.05) is 6.61 Å². The number of hydrogen-bond donors (Lipinski definition) is 1. The minimum Gasteiger partial charge on any atom is -0.396 e. The molecule has 4 aromatic rings. The Kier molecular flexibility index (Phi) is 6.11. The van der Waals surface area contributed by atoms with Crippen LogP contribution in [0.1, 0.15) is 27.9 Å².